The molecule has 2 rings (SSSR count). The highest BCUT2D eigenvalue weighted by molar-refractivity contribution is 5.88. The second-order valence-electron chi connectivity index (χ2n) is 4.72. The largest absolute Gasteiger partial charge is 0.488 e. The van der Waals surface area contributed by atoms with E-state index in [-0.39, 0.29) is 18.1 Å². The lowest BCUT2D eigenvalue weighted by Crippen LogP contribution is -2.34. The summed E-state index contributed by atoms with van der Waals surface area (Å²) in [4.78, 5) is 11.0. The van der Waals surface area contributed by atoms with Gasteiger partial charge in [0.05, 0.1) is 6.10 Å². The molecule has 0 unspecified atom stereocenters. The van der Waals surface area contributed by atoms with Crippen molar-refractivity contribution in [3.63, 3.8) is 0 Å². The zero-order chi connectivity index (χ0) is 13.0. The van der Waals surface area contributed by atoms with Crippen LogP contribution in [-0.4, -0.2) is 23.2 Å². The summed E-state index contributed by atoms with van der Waals surface area (Å²) in [5.41, 5.74) is 0.713. The molecule has 1 aliphatic carbocycles. The van der Waals surface area contributed by atoms with E-state index in [9.17, 15) is 9.90 Å². The average molecular weight is 249 g/mol. The van der Waals surface area contributed by atoms with Crippen LogP contribution in [0.3, 0.4) is 0 Å². The Morgan fingerprint density at radius 3 is 2.89 bits per heavy atom. The monoisotopic (exact) mass is 249 g/mol. The molecule has 1 saturated carbocycles. The molecule has 4 heteroatoms. The quantitative estimate of drug-likeness (QED) is 0.864. The smallest absolute Gasteiger partial charge is 0.221 e. The second-order valence-corrected chi connectivity index (χ2v) is 4.72. The number of nitrogens with one attached hydrogen (secondary N) is 1. The van der Waals surface area contributed by atoms with Crippen LogP contribution in [0, 0.1) is 0 Å². The summed E-state index contributed by atoms with van der Waals surface area (Å²) in [5.74, 6) is 0.581. The molecule has 1 fully saturated rings. The number of carbonyl (C=O) groups is 1. The molecule has 4 nitrogen and oxygen atoms in total. The fourth-order valence-corrected chi connectivity index (χ4v) is 2.24. The second kappa shape index (κ2) is 5.87. The minimum Gasteiger partial charge on any atom is -0.488 e. The van der Waals surface area contributed by atoms with Crippen molar-refractivity contribution in [2.75, 3.05) is 5.32 Å². The predicted octanol–water partition coefficient (Wildman–Crippen LogP) is 2.33. The van der Waals surface area contributed by atoms with Crippen LogP contribution in [0.15, 0.2) is 24.3 Å². The van der Waals surface area contributed by atoms with E-state index in [2.05, 4.69) is 5.32 Å². The van der Waals surface area contributed by atoms with Crippen molar-refractivity contribution in [2.45, 2.75) is 44.8 Å². The Hall–Kier alpha value is -1.55. The molecule has 18 heavy (non-hydrogen) atoms. The minimum atomic E-state index is -0.386. The van der Waals surface area contributed by atoms with Gasteiger partial charge in [-0.25, -0.2) is 0 Å². The Balaban J connectivity index is 2.02. The minimum absolute atomic E-state index is 0.107. The molecule has 98 valence electrons. The number of anilines is 1. The topological polar surface area (TPSA) is 58.6 Å². The van der Waals surface area contributed by atoms with E-state index in [4.69, 9.17) is 4.74 Å². The Morgan fingerprint density at radius 2 is 2.17 bits per heavy atom. The van der Waals surface area contributed by atoms with Crippen LogP contribution in [0.4, 0.5) is 5.69 Å². The molecule has 0 aromatic heterocycles. The summed E-state index contributed by atoms with van der Waals surface area (Å²) in [6, 6.07) is 7.26. The number of amides is 1. The fourth-order valence-electron chi connectivity index (χ4n) is 2.24. The van der Waals surface area contributed by atoms with Gasteiger partial charge in [-0.15, -0.1) is 0 Å². The highest BCUT2D eigenvalue weighted by Crippen LogP contribution is 2.25. The summed E-state index contributed by atoms with van der Waals surface area (Å²) in [6.45, 7) is 1.47. The van der Waals surface area contributed by atoms with Gasteiger partial charge in [0, 0.05) is 18.7 Å². The Kier molecular flexibility index (Phi) is 4.20. The van der Waals surface area contributed by atoms with E-state index in [1.165, 1.54) is 6.92 Å². The van der Waals surface area contributed by atoms with Gasteiger partial charge in [0.25, 0.3) is 0 Å². The van der Waals surface area contributed by atoms with Crippen LogP contribution in [0.25, 0.3) is 0 Å². The first kappa shape index (κ1) is 12.9. The molecule has 1 amide bonds. The standard InChI is InChI=1S/C14H19NO3/c1-10(16)15-11-5-4-6-12(9-11)18-14-8-3-2-7-13(14)17/h4-6,9,13-14,17H,2-3,7-8H2,1H3,(H,15,16)/t13-,14-/m1/s1. The molecule has 0 spiro atoms. The van der Waals surface area contributed by atoms with Crippen LogP contribution in [0.1, 0.15) is 32.6 Å². The molecule has 2 atom stereocenters. The lowest BCUT2D eigenvalue weighted by Gasteiger charge is -2.28. The van der Waals surface area contributed by atoms with Gasteiger partial charge in [-0.1, -0.05) is 12.5 Å². The number of ether oxygens (including phenoxy) is 1. The first-order chi connectivity index (χ1) is 8.65. The zero-order valence-corrected chi connectivity index (χ0v) is 10.6. The molecule has 0 saturated heterocycles. The molecule has 1 aromatic rings. The summed E-state index contributed by atoms with van der Waals surface area (Å²) in [7, 11) is 0. The maximum absolute atomic E-state index is 11.0. The molecule has 0 heterocycles. The molecule has 2 N–H and O–H groups in total. The van der Waals surface area contributed by atoms with Crippen molar-refractivity contribution in [3.05, 3.63) is 24.3 Å². The zero-order valence-electron chi connectivity index (χ0n) is 10.6. The SMILES string of the molecule is CC(=O)Nc1cccc(O[C@@H]2CCCC[C@H]2O)c1. The van der Waals surface area contributed by atoms with Crippen LogP contribution in [0.5, 0.6) is 5.75 Å². The first-order valence-corrected chi connectivity index (χ1v) is 6.37. The van der Waals surface area contributed by atoms with Gasteiger partial charge in [0.1, 0.15) is 11.9 Å². The summed E-state index contributed by atoms with van der Waals surface area (Å²) in [6.07, 6.45) is 3.32. The van der Waals surface area contributed by atoms with E-state index < -0.39 is 0 Å². The average Bonchev–Trinajstić information content (AvgIpc) is 2.32. The number of benzene rings is 1. The van der Waals surface area contributed by atoms with Crippen LogP contribution in [-0.2, 0) is 4.79 Å². The molecular weight excluding hydrogens is 230 g/mol. The van der Waals surface area contributed by atoms with E-state index in [0.29, 0.717) is 11.4 Å². The third-order valence-electron chi connectivity index (χ3n) is 3.11. The number of hydrogen-bond acceptors (Lipinski definition) is 3. The lowest BCUT2D eigenvalue weighted by atomic mass is 9.95. The Morgan fingerprint density at radius 1 is 1.39 bits per heavy atom. The molecular formula is C14H19NO3. The Bertz CT molecular complexity index is 419. The van der Waals surface area contributed by atoms with Crippen LogP contribution < -0.4 is 10.1 Å². The number of aliphatic hydroxyl groups is 1. The highest BCUT2D eigenvalue weighted by atomic mass is 16.5. The van der Waals surface area contributed by atoms with Crippen molar-refractivity contribution >= 4 is 11.6 Å². The van der Waals surface area contributed by atoms with Crippen molar-refractivity contribution in [1.29, 1.82) is 0 Å². The Labute approximate surface area is 107 Å². The number of hydrogen-bond donors (Lipinski definition) is 2. The van der Waals surface area contributed by atoms with Gasteiger partial charge in [-0.05, 0) is 31.4 Å². The first-order valence-electron chi connectivity index (χ1n) is 6.37. The lowest BCUT2D eigenvalue weighted by molar-refractivity contribution is -0.114. The number of aliphatic hydroxyl groups excluding tert-OH is 1. The van der Waals surface area contributed by atoms with Crippen LogP contribution >= 0.6 is 0 Å². The fraction of sp³-hybridized carbons (Fsp3) is 0.500. The van der Waals surface area contributed by atoms with Gasteiger partial charge in [-0.2, -0.15) is 0 Å². The van der Waals surface area contributed by atoms with Crippen molar-refractivity contribution in [3.8, 4) is 5.75 Å². The van der Waals surface area contributed by atoms with Crippen molar-refractivity contribution in [1.82, 2.24) is 0 Å². The molecule has 1 aliphatic rings. The highest BCUT2D eigenvalue weighted by Gasteiger charge is 2.24. The van der Waals surface area contributed by atoms with Gasteiger partial charge in [-0.3, -0.25) is 4.79 Å². The van der Waals surface area contributed by atoms with Crippen molar-refractivity contribution < 1.29 is 14.6 Å². The van der Waals surface area contributed by atoms with E-state index >= 15 is 0 Å². The third-order valence-corrected chi connectivity index (χ3v) is 3.11. The van der Waals surface area contributed by atoms with E-state index in [0.717, 1.165) is 25.7 Å². The number of carbonyl (C=O) groups excluding carboxylic acids is 1. The maximum atomic E-state index is 11.0. The normalized spacial score (nSPS) is 23.4. The molecule has 0 radical (unpaired) electrons. The van der Waals surface area contributed by atoms with Gasteiger partial charge >= 0.3 is 0 Å². The molecule has 0 aliphatic heterocycles. The van der Waals surface area contributed by atoms with Crippen LogP contribution in [0.2, 0.25) is 0 Å². The summed E-state index contributed by atoms with van der Waals surface area (Å²) < 4.78 is 5.79. The maximum Gasteiger partial charge on any atom is 0.221 e. The summed E-state index contributed by atoms with van der Waals surface area (Å²) >= 11 is 0. The van der Waals surface area contributed by atoms with Gasteiger partial charge in [0.15, 0.2) is 0 Å². The molecule has 1 aromatic carbocycles. The van der Waals surface area contributed by atoms with Gasteiger partial charge in [0.2, 0.25) is 5.91 Å². The number of rotatable bonds is 3. The third kappa shape index (κ3) is 3.47. The van der Waals surface area contributed by atoms with Gasteiger partial charge < -0.3 is 15.2 Å². The van der Waals surface area contributed by atoms with E-state index in [1.807, 2.05) is 18.2 Å². The van der Waals surface area contributed by atoms with Crippen molar-refractivity contribution in [2.24, 2.45) is 0 Å². The molecule has 0 bridgehead atoms. The summed E-state index contributed by atoms with van der Waals surface area (Å²) in [5, 5.41) is 12.6. The predicted molar refractivity (Wildman–Crippen MR) is 69.6 cm³/mol. The van der Waals surface area contributed by atoms with E-state index in [1.54, 1.807) is 6.07 Å².